The van der Waals surface area contributed by atoms with Crippen LogP contribution in [0.1, 0.15) is 5.56 Å². The second kappa shape index (κ2) is 4.26. The van der Waals surface area contributed by atoms with Crippen LogP contribution in [0.2, 0.25) is 5.02 Å². The molecule has 2 rings (SSSR count). The Hall–Kier alpha value is -0.640. The monoisotopic (exact) mass is 241 g/mol. The standard InChI is InChI=1S/C10H8ClNS2/c11-9-3-1-8(2-4-9)7-12-5-6-14-10(12)13/h1-6H,7H2. The molecule has 0 N–H and O–H groups in total. The van der Waals surface area contributed by atoms with Crippen LogP contribution in [-0.2, 0) is 6.54 Å². The van der Waals surface area contributed by atoms with Crippen LogP contribution in [-0.4, -0.2) is 4.57 Å². The van der Waals surface area contributed by atoms with Gasteiger partial charge in [-0.25, -0.2) is 0 Å². The van der Waals surface area contributed by atoms with E-state index in [1.807, 2.05) is 40.4 Å². The SMILES string of the molecule is S=c1sccn1Cc1ccc(Cl)cc1. The van der Waals surface area contributed by atoms with Gasteiger partial charge in [-0.15, -0.1) is 11.3 Å². The third-order valence-electron chi connectivity index (χ3n) is 1.91. The number of halogens is 1. The van der Waals surface area contributed by atoms with E-state index in [9.17, 15) is 0 Å². The van der Waals surface area contributed by atoms with Crippen LogP contribution in [0.5, 0.6) is 0 Å². The van der Waals surface area contributed by atoms with Gasteiger partial charge in [0.15, 0.2) is 3.95 Å². The summed E-state index contributed by atoms with van der Waals surface area (Å²) in [6, 6.07) is 7.82. The molecule has 0 spiro atoms. The van der Waals surface area contributed by atoms with E-state index in [0.29, 0.717) is 0 Å². The van der Waals surface area contributed by atoms with Crippen molar-refractivity contribution in [3.8, 4) is 0 Å². The summed E-state index contributed by atoms with van der Waals surface area (Å²) < 4.78 is 2.95. The van der Waals surface area contributed by atoms with E-state index >= 15 is 0 Å². The molecular formula is C10H8ClNS2. The van der Waals surface area contributed by atoms with Crippen LogP contribution >= 0.6 is 35.2 Å². The summed E-state index contributed by atoms with van der Waals surface area (Å²) in [4.78, 5) is 0. The lowest BCUT2D eigenvalue weighted by Crippen LogP contribution is -1.96. The first-order chi connectivity index (χ1) is 6.75. The fourth-order valence-corrected chi connectivity index (χ4v) is 2.20. The molecule has 0 aliphatic rings. The predicted octanol–water partition coefficient (Wildman–Crippen LogP) is 3.98. The smallest absolute Gasteiger partial charge is 0.161 e. The van der Waals surface area contributed by atoms with Gasteiger partial charge < -0.3 is 4.57 Å². The summed E-state index contributed by atoms with van der Waals surface area (Å²) >= 11 is 12.5. The summed E-state index contributed by atoms with van der Waals surface area (Å²) in [5.74, 6) is 0. The molecule has 0 bridgehead atoms. The molecule has 0 radical (unpaired) electrons. The molecule has 0 fully saturated rings. The second-order valence-electron chi connectivity index (χ2n) is 2.92. The Balaban J connectivity index is 2.23. The fraction of sp³-hybridized carbons (Fsp3) is 0.100. The summed E-state index contributed by atoms with van der Waals surface area (Å²) in [5, 5.41) is 2.76. The average Bonchev–Trinajstić information content (AvgIpc) is 2.56. The molecule has 0 atom stereocenters. The van der Waals surface area contributed by atoms with Gasteiger partial charge in [-0.1, -0.05) is 23.7 Å². The topological polar surface area (TPSA) is 4.93 Å². The van der Waals surface area contributed by atoms with Crippen molar-refractivity contribution in [1.82, 2.24) is 4.57 Å². The van der Waals surface area contributed by atoms with E-state index in [4.69, 9.17) is 23.8 Å². The van der Waals surface area contributed by atoms with Crippen molar-refractivity contribution in [3.05, 3.63) is 50.4 Å². The van der Waals surface area contributed by atoms with Gasteiger partial charge in [0.1, 0.15) is 0 Å². The van der Waals surface area contributed by atoms with E-state index in [0.717, 1.165) is 15.5 Å². The first-order valence-corrected chi connectivity index (χ1v) is 5.81. The Morgan fingerprint density at radius 2 is 2.00 bits per heavy atom. The summed E-state index contributed by atoms with van der Waals surface area (Å²) in [5.41, 5.74) is 1.21. The van der Waals surface area contributed by atoms with Crippen molar-refractivity contribution in [2.24, 2.45) is 0 Å². The maximum atomic E-state index is 5.80. The number of hydrogen-bond donors (Lipinski definition) is 0. The van der Waals surface area contributed by atoms with Crippen molar-refractivity contribution < 1.29 is 0 Å². The summed E-state index contributed by atoms with van der Waals surface area (Å²) in [6.45, 7) is 0.819. The minimum atomic E-state index is 0.766. The van der Waals surface area contributed by atoms with E-state index in [1.54, 1.807) is 11.3 Å². The Labute approximate surface area is 96.6 Å². The van der Waals surface area contributed by atoms with Crippen molar-refractivity contribution in [2.45, 2.75) is 6.54 Å². The van der Waals surface area contributed by atoms with E-state index in [2.05, 4.69) is 0 Å². The third-order valence-corrected chi connectivity index (χ3v) is 3.38. The van der Waals surface area contributed by atoms with Crippen molar-refractivity contribution in [3.63, 3.8) is 0 Å². The quantitative estimate of drug-likeness (QED) is 0.720. The van der Waals surface area contributed by atoms with Crippen molar-refractivity contribution >= 4 is 35.2 Å². The van der Waals surface area contributed by atoms with Gasteiger partial charge in [0.2, 0.25) is 0 Å². The molecule has 4 heteroatoms. The molecule has 0 aliphatic heterocycles. The first-order valence-electron chi connectivity index (χ1n) is 4.14. The lowest BCUT2D eigenvalue weighted by atomic mass is 10.2. The average molecular weight is 242 g/mol. The highest BCUT2D eigenvalue weighted by atomic mass is 35.5. The van der Waals surface area contributed by atoms with Crippen LogP contribution < -0.4 is 0 Å². The molecule has 2 aromatic rings. The molecule has 72 valence electrons. The van der Waals surface area contributed by atoms with E-state index < -0.39 is 0 Å². The minimum Gasteiger partial charge on any atom is -0.326 e. The van der Waals surface area contributed by atoms with Gasteiger partial charge in [-0.05, 0) is 29.9 Å². The Kier molecular flexibility index (Phi) is 3.01. The Bertz CT molecular complexity index is 469. The van der Waals surface area contributed by atoms with Crippen molar-refractivity contribution in [1.29, 1.82) is 0 Å². The van der Waals surface area contributed by atoms with Gasteiger partial charge in [-0.3, -0.25) is 0 Å². The Morgan fingerprint density at radius 1 is 1.29 bits per heavy atom. The highest BCUT2D eigenvalue weighted by Crippen LogP contribution is 2.12. The normalized spacial score (nSPS) is 10.4. The molecule has 0 aliphatic carbocycles. The number of thiazole rings is 1. The maximum absolute atomic E-state index is 5.80. The highest BCUT2D eigenvalue weighted by Gasteiger charge is 1.96. The zero-order valence-corrected chi connectivity index (χ0v) is 9.70. The molecular weight excluding hydrogens is 234 g/mol. The van der Waals surface area contributed by atoms with Gasteiger partial charge in [0.25, 0.3) is 0 Å². The fourth-order valence-electron chi connectivity index (χ4n) is 1.19. The lowest BCUT2D eigenvalue weighted by molar-refractivity contribution is 0.800. The minimum absolute atomic E-state index is 0.766. The van der Waals surface area contributed by atoms with Crippen LogP contribution in [0.4, 0.5) is 0 Å². The molecule has 0 saturated carbocycles. The molecule has 1 aromatic heterocycles. The van der Waals surface area contributed by atoms with Crippen molar-refractivity contribution in [2.75, 3.05) is 0 Å². The second-order valence-corrected chi connectivity index (χ2v) is 4.90. The molecule has 0 unspecified atom stereocenters. The zero-order chi connectivity index (χ0) is 9.97. The number of aromatic nitrogens is 1. The van der Waals surface area contributed by atoms with Crippen LogP contribution in [0.15, 0.2) is 35.8 Å². The van der Waals surface area contributed by atoms with Gasteiger partial charge in [0, 0.05) is 23.1 Å². The number of hydrogen-bond acceptors (Lipinski definition) is 2. The lowest BCUT2D eigenvalue weighted by Gasteiger charge is -2.02. The largest absolute Gasteiger partial charge is 0.326 e. The highest BCUT2D eigenvalue weighted by molar-refractivity contribution is 7.73. The predicted molar refractivity (Wildman–Crippen MR) is 63.7 cm³/mol. The van der Waals surface area contributed by atoms with Crippen LogP contribution in [0.25, 0.3) is 0 Å². The number of benzene rings is 1. The number of nitrogens with zero attached hydrogens (tertiary/aromatic N) is 1. The van der Waals surface area contributed by atoms with Gasteiger partial charge in [0.05, 0.1) is 0 Å². The molecule has 1 aromatic carbocycles. The van der Waals surface area contributed by atoms with Gasteiger partial charge >= 0.3 is 0 Å². The van der Waals surface area contributed by atoms with Crippen LogP contribution in [0, 0.1) is 3.95 Å². The summed E-state index contributed by atoms with van der Waals surface area (Å²) in [6.07, 6.45) is 2.00. The summed E-state index contributed by atoms with van der Waals surface area (Å²) in [7, 11) is 0. The maximum Gasteiger partial charge on any atom is 0.161 e. The number of rotatable bonds is 2. The molecule has 1 heterocycles. The molecule has 0 amide bonds. The third kappa shape index (κ3) is 2.23. The molecule has 0 saturated heterocycles. The van der Waals surface area contributed by atoms with E-state index in [1.165, 1.54) is 5.56 Å². The molecule has 14 heavy (non-hydrogen) atoms. The molecule has 1 nitrogen and oxygen atoms in total. The van der Waals surface area contributed by atoms with E-state index in [-0.39, 0.29) is 0 Å². The first kappa shape index (κ1) is 9.90. The zero-order valence-electron chi connectivity index (χ0n) is 7.31. The van der Waals surface area contributed by atoms with Gasteiger partial charge in [-0.2, -0.15) is 0 Å². The Morgan fingerprint density at radius 3 is 2.57 bits per heavy atom. The van der Waals surface area contributed by atoms with Crippen LogP contribution in [0.3, 0.4) is 0 Å².